The summed E-state index contributed by atoms with van der Waals surface area (Å²) >= 11 is 0. The molecule has 0 aromatic heterocycles. The number of carboxylic acids is 1. The Labute approximate surface area is 62.2 Å². The molecule has 1 saturated carbocycles. The molecule has 1 N–H and O–H groups in total. The van der Waals surface area contributed by atoms with Crippen molar-refractivity contribution in [2.75, 3.05) is 0 Å². The smallest absolute Gasteiger partial charge is 0.381 e. The van der Waals surface area contributed by atoms with E-state index in [1.165, 1.54) is 0 Å². The summed E-state index contributed by atoms with van der Waals surface area (Å²) in [5, 5.41) is 8.07. The molecular weight excluding hydrogens is 154 g/mol. The first-order valence-corrected chi connectivity index (χ1v) is 3.11. The van der Waals surface area contributed by atoms with Gasteiger partial charge in [0.15, 0.2) is 0 Å². The quantitative estimate of drug-likeness (QED) is 0.583. The molecule has 0 heterocycles. The minimum atomic E-state index is -2.52. The third kappa shape index (κ3) is 1.67. The van der Waals surface area contributed by atoms with Gasteiger partial charge in [-0.2, -0.15) is 0 Å². The number of carboxylic acid groups (broad SMARTS) is 1. The summed E-state index contributed by atoms with van der Waals surface area (Å²) in [5.41, 5.74) is -1.29. The molecule has 2 nitrogen and oxygen atoms in total. The van der Waals surface area contributed by atoms with E-state index in [9.17, 15) is 13.6 Å². The Hall–Kier alpha value is -1.11. The van der Waals surface area contributed by atoms with Gasteiger partial charge in [0, 0.05) is 5.92 Å². The fraction of sp³-hybridized carbons (Fsp3) is 0.571. The highest BCUT2D eigenvalue weighted by Gasteiger charge is 2.50. The summed E-state index contributed by atoms with van der Waals surface area (Å²) in [4.78, 5) is 9.88. The van der Waals surface area contributed by atoms with Gasteiger partial charge in [-0.1, -0.05) is 5.92 Å². The summed E-state index contributed by atoms with van der Waals surface area (Å²) in [6, 6.07) is 0. The lowest BCUT2D eigenvalue weighted by Crippen LogP contribution is -2.09. The molecule has 11 heavy (non-hydrogen) atoms. The molecule has 0 aliphatic heterocycles. The molecule has 0 saturated heterocycles. The van der Waals surface area contributed by atoms with Crippen molar-refractivity contribution in [3.8, 4) is 11.8 Å². The maximum absolute atomic E-state index is 12.0. The van der Waals surface area contributed by atoms with Gasteiger partial charge in [0.25, 0.3) is 6.43 Å². The molecule has 0 radical (unpaired) electrons. The van der Waals surface area contributed by atoms with Gasteiger partial charge in [0.2, 0.25) is 0 Å². The van der Waals surface area contributed by atoms with E-state index in [4.69, 9.17) is 5.11 Å². The summed E-state index contributed by atoms with van der Waals surface area (Å²) in [6.07, 6.45) is -1.90. The zero-order valence-corrected chi connectivity index (χ0v) is 5.60. The number of halogens is 2. The first-order valence-electron chi connectivity index (χ1n) is 3.11. The van der Waals surface area contributed by atoms with Gasteiger partial charge in [-0.3, -0.25) is 0 Å². The van der Waals surface area contributed by atoms with E-state index in [-0.39, 0.29) is 0 Å². The highest BCUT2D eigenvalue weighted by molar-refractivity contribution is 5.86. The number of alkyl halides is 2. The lowest BCUT2D eigenvalue weighted by atomic mass is 10.1. The zero-order chi connectivity index (χ0) is 8.48. The predicted octanol–water partition coefficient (Wildman–Crippen LogP) is 1.12. The Balaban J connectivity index is 2.63. The van der Waals surface area contributed by atoms with E-state index in [0.29, 0.717) is 12.8 Å². The van der Waals surface area contributed by atoms with E-state index in [0.717, 1.165) is 0 Å². The topological polar surface area (TPSA) is 37.3 Å². The molecule has 0 aromatic carbocycles. The summed E-state index contributed by atoms with van der Waals surface area (Å²) < 4.78 is 24.1. The first kappa shape index (κ1) is 7.99. The third-order valence-corrected chi connectivity index (χ3v) is 1.62. The fourth-order valence-corrected chi connectivity index (χ4v) is 0.710. The number of hydrogen-bond acceptors (Lipinski definition) is 1. The Morgan fingerprint density at radius 2 is 2.09 bits per heavy atom. The maximum Gasteiger partial charge on any atom is 0.381 e. The second-order valence-corrected chi connectivity index (χ2v) is 2.51. The van der Waals surface area contributed by atoms with Gasteiger partial charge in [0.05, 0.1) is 5.41 Å². The molecule has 1 aliphatic carbocycles. The van der Waals surface area contributed by atoms with E-state index in [1.54, 1.807) is 5.92 Å². The Morgan fingerprint density at radius 1 is 1.55 bits per heavy atom. The summed E-state index contributed by atoms with van der Waals surface area (Å²) in [6.45, 7) is 0. The molecule has 0 aromatic rings. The van der Waals surface area contributed by atoms with Gasteiger partial charge < -0.3 is 5.11 Å². The van der Waals surface area contributed by atoms with Crippen molar-refractivity contribution in [1.82, 2.24) is 0 Å². The van der Waals surface area contributed by atoms with Crippen LogP contribution in [0.1, 0.15) is 12.8 Å². The number of aliphatic carboxylic acids is 1. The average molecular weight is 160 g/mol. The van der Waals surface area contributed by atoms with Gasteiger partial charge >= 0.3 is 5.97 Å². The third-order valence-electron chi connectivity index (χ3n) is 1.62. The second kappa shape index (κ2) is 2.50. The molecule has 4 heteroatoms. The summed E-state index contributed by atoms with van der Waals surface area (Å²) in [5.74, 6) is 2.44. The van der Waals surface area contributed by atoms with Gasteiger partial charge in [-0.25, -0.2) is 13.6 Å². The molecule has 0 atom stereocenters. The highest BCUT2D eigenvalue weighted by Crippen LogP contribution is 2.49. The van der Waals surface area contributed by atoms with Crippen LogP contribution in [0, 0.1) is 17.3 Å². The van der Waals surface area contributed by atoms with Crippen LogP contribution >= 0.6 is 0 Å². The monoisotopic (exact) mass is 160 g/mol. The highest BCUT2D eigenvalue weighted by atomic mass is 19.3. The fourth-order valence-electron chi connectivity index (χ4n) is 0.710. The molecule has 0 bridgehead atoms. The Morgan fingerprint density at radius 3 is 2.36 bits per heavy atom. The normalized spacial score (nSPS) is 18.8. The molecule has 1 rings (SSSR count). The van der Waals surface area contributed by atoms with Crippen LogP contribution in [0.25, 0.3) is 0 Å². The van der Waals surface area contributed by atoms with E-state index >= 15 is 0 Å². The second-order valence-electron chi connectivity index (χ2n) is 2.51. The zero-order valence-electron chi connectivity index (χ0n) is 5.60. The number of hydrogen-bond donors (Lipinski definition) is 1. The van der Waals surface area contributed by atoms with Crippen molar-refractivity contribution in [3.05, 3.63) is 0 Å². The Kier molecular flexibility index (Phi) is 1.81. The largest absolute Gasteiger partial charge is 0.472 e. The van der Waals surface area contributed by atoms with Crippen LogP contribution in [0.5, 0.6) is 0 Å². The van der Waals surface area contributed by atoms with Crippen LogP contribution in [0.15, 0.2) is 0 Å². The molecule has 1 aliphatic rings. The van der Waals surface area contributed by atoms with Crippen LogP contribution in [-0.2, 0) is 4.79 Å². The van der Waals surface area contributed by atoms with Gasteiger partial charge in [-0.15, -0.1) is 0 Å². The molecule has 0 amide bonds. The van der Waals surface area contributed by atoms with Crippen molar-refractivity contribution in [2.24, 2.45) is 5.41 Å². The van der Waals surface area contributed by atoms with Crippen LogP contribution < -0.4 is 0 Å². The van der Waals surface area contributed by atoms with Crippen LogP contribution in [0.4, 0.5) is 8.78 Å². The molecular formula is C7H6F2O2. The van der Waals surface area contributed by atoms with Gasteiger partial charge in [0.1, 0.15) is 0 Å². The number of rotatable bonds is 1. The Bertz CT molecular complexity index is 233. The van der Waals surface area contributed by atoms with Crippen molar-refractivity contribution in [2.45, 2.75) is 19.3 Å². The van der Waals surface area contributed by atoms with Crippen molar-refractivity contribution in [3.63, 3.8) is 0 Å². The average Bonchev–Trinajstić information content (AvgIpc) is 2.63. The molecule has 0 spiro atoms. The standard InChI is InChI=1S/C7H6F2O2/c8-6(9)7(3-4-7)2-1-5(10)11/h6H,3-4H2,(H,10,11). The molecule has 60 valence electrons. The molecule has 1 fully saturated rings. The van der Waals surface area contributed by atoms with E-state index < -0.39 is 17.8 Å². The lowest BCUT2D eigenvalue weighted by molar-refractivity contribution is -0.130. The van der Waals surface area contributed by atoms with Crippen LogP contribution in [0.3, 0.4) is 0 Å². The molecule has 0 unspecified atom stereocenters. The van der Waals surface area contributed by atoms with Gasteiger partial charge in [-0.05, 0) is 12.8 Å². The van der Waals surface area contributed by atoms with E-state index in [2.05, 4.69) is 5.92 Å². The number of carbonyl (C=O) groups is 1. The van der Waals surface area contributed by atoms with E-state index in [1.807, 2.05) is 0 Å². The summed E-state index contributed by atoms with van der Waals surface area (Å²) in [7, 11) is 0. The lowest BCUT2D eigenvalue weighted by Gasteiger charge is -2.02. The van der Waals surface area contributed by atoms with Crippen molar-refractivity contribution in [1.29, 1.82) is 0 Å². The van der Waals surface area contributed by atoms with Crippen molar-refractivity contribution >= 4 is 5.97 Å². The van der Waals surface area contributed by atoms with Crippen LogP contribution in [-0.4, -0.2) is 17.5 Å². The van der Waals surface area contributed by atoms with Crippen LogP contribution in [0.2, 0.25) is 0 Å². The predicted molar refractivity (Wildman–Crippen MR) is 33.1 cm³/mol. The first-order chi connectivity index (χ1) is 5.07. The minimum absolute atomic E-state index is 0.310. The SMILES string of the molecule is O=C(O)C#CC1(C(F)F)CC1. The maximum atomic E-state index is 12.0. The van der Waals surface area contributed by atoms with Crippen molar-refractivity contribution < 1.29 is 18.7 Å². The minimum Gasteiger partial charge on any atom is -0.472 e.